The summed E-state index contributed by atoms with van der Waals surface area (Å²) in [5.41, 5.74) is 0.628. The topological polar surface area (TPSA) is 55.1 Å². The van der Waals surface area contributed by atoms with Gasteiger partial charge in [-0.05, 0) is 31.6 Å². The van der Waals surface area contributed by atoms with Crippen LogP contribution in [0.5, 0.6) is 0 Å². The molecule has 2 rings (SSSR count). The van der Waals surface area contributed by atoms with E-state index >= 15 is 0 Å². The fraction of sp³-hybridized carbons (Fsp3) is 0.667. The van der Waals surface area contributed by atoms with Gasteiger partial charge in [0.25, 0.3) is 5.91 Å². The Bertz CT molecular complexity index is 392. The van der Waals surface area contributed by atoms with Gasteiger partial charge < -0.3 is 9.73 Å². The summed E-state index contributed by atoms with van der Waals surface area (Å²) >= 11 is 5.90. The Morgan fingerprint density at radius 3 is 3.00 bits per heavy atom. The van der Waals surface area contributed by atoms with E-state index in [4.69, 9.17) is 16.0 Å². The van der Waals surface area contributed by atoms with E-state index in [1.807, 2.05) is 0 Å². The first kappa shape index (κ1) is 12.4. The van der Waals surface area contributed by atoms with Crippen LogP contribution in [0.25, 0.3) is 0 Å². The van der Waals surface area contributed by atoms with Gasteiger partial charge in [-0.25, -0.2) is 4.98 Å². The zero-order valence-electron chi connectivity index (χ0n) is 9.91. The van der Waals surface area contributed by atoms with Crippen molar-refractivity contribution in [2.24, 2.45) is 11.8 Å². The highest BCUT2D eigenvalue weighted by atomic mass is 35.5. The molecule has 94 valence electrons. The van der Waals surface area contributed by atoms with Crippen molar-refractivity contribution in [3.8, 4) is 0 Å². The quantitative estimate of drug-likeness (QED) is 0.842. The van der Waals surface area contributed by atoms with Crippen LogP contribution in [-0.4, -0.2) is 23.3 Å². The summed E-state index contributed by atoms with van der Waals surface area (Å²) in [5, 5.41) is 2.90. The van der Waals surface area contributed by atoms with E-state index in [-0.39, 0.29) is 5.91 Å². The van der Waals surface area contributed by atoms with Crippen LogP contribution in [0.3, 0.4) is 0 Å². The Morgan fingerprint density at radius 1 is 1.59 bits per heavy atom. The van der Waals surface area contributed by atoms with Crippen LogP contribution < -0.4 is 5.32 Å². The molecule has 1 aliphatic carbocycles. The van der Waals surface area contributed by atoms with E-state index in [9.17, 15) is 4.79 Å². The van der Waals surface area contributed by atoms with Crippen LogP contribution in [0.1, 0.15) is 35.5 Å². The van der Waals surface area contributed by atoms with Gasteiger partial charge in [0.1, 0.15) is 0 Å². The predicted molar refractivity (Wildman–Crippen MR) is 65.1 cm³/mol. The van der Waals surface area contributed by atoms with Gasteiger partial charge >= 0.3 is 0 Å². The fourth-order valence-electron chi connectivity index (χ4n) is 2.41. The summed E-state index contributed by atoms with van der Waals surface area (Å²) in [4.78, 5) is 15.7. The molecule has 0 aliphatic heterocycles. The van der Waals surface area contributed by atoms with E-state index in [0.29, 0.717) is 35.7 Å². The molecule has 1 heterocycles. The maximum atomic E-state index is 11.8. The fourth-order valence-corrected chi connectivity index (χ4v) is 2.82. The van der Waals surface area contributed by atoms with Gasteiger partial charge in [-0.2, -0.15) is 0 Å². The number of carbonyl (C=O) groups excluding carboxylic acids is 1. The summed E-state index contributed by atoms with van der Waals surface area (Å²) in [6.45, 7) is 2.44. The van der Waals surface area contributed by atoms with Gasteiger partial charge in [0.2, 0.25) is 5.76 Å². The van der Waals surface area contributed by atoms with Crippen LogP contribution in [0.4, 0.5) is 0 Å². The van der Waals surface area contributed by atoms with E-state index in [1.54, 1.807) is 6.92 Å². The van der Waals surface area contributed by atoms with Crippen molar-refractivity contribution in [1.29, 1.82) is 0 Å². The van der Waals surface area contributed by atoms with Crippen LogP contribution in [-0.2, 0) is 0 Å². The predicted octanol–water partition coefficient (Wildman–Crippen LogP) is 2.37. The first-order valence-corrected chi connectivity index (χ1v) is 6.50. The van der Waals surface area contributed by atoms with E-state index in [0.717, 1.165) is 6.42 Å². The van der Waals surface area contributed by atoms with Crippen molar-refractivity contribution in [2.45, 2.75) is 26.2 Å². The molecule has 1 saturated carbocycles. The standard InChI is InChI=1S/C12H17ClN2O2/c1-8-11(17-7-15-8)12(16)14-6-10-4-2-3-9(10)5-13/h7,9-10H,2-6H2,1H3,(H,14,16). The van der Waals surface area contributed by atoms with Gasteiger partial charge in [0, 0.05) is 12.4 Å². The van der Waals surface area contributed by atoms with Crippen molar-refractivity contribution in [3.05, 3.63) is 17.8 Å². The van der Waals surface area contributed by atoms with Crippen molar-refractivity contribution in [1.82, 2.24) is 10.3 Å². The zero-order chi connectivity index (χ0) is 12.3. The summed E-state index contributed by atoms with van der Waals surface area (Å²) in [6.07, 6.45) is 4.82. The lowest BCUT2D eigenvalue weighted by molar-refractivity contribution is 0.0916. The third-order valence-electron chi connectivity index (χ3n) is 3.49. The van der Waals surface area contributed by atoms with E-state index < -0.39 is 0 Å². The second kappa shape index (κ2) is 5.54. The van der Waals surface area contributed by atoms with Crippen molar-refractivity contribution >= 4 is 17.5 Å². The van der Waals surface area contributed by atoms with Crippen molar-refractivity contribution in [3.63, 3.8) is 0 Å². The Balaban J connectivity index is 1.86. The minimum absolute atomic E-state index is 0.180. The average Bonchev–Trinajstić information content (AvgIpc) is 2.94. The Labute approximate surface area is 106 Å². The number of carbonyl (C=O) groups is 1. The number of nitrogens with zero attached hydrogens (tertiary/aromatic N) is 1. The maximum absolute atomic E-state index is 11.8. The normalized spacial score (nSPS) is 23.9. The molecule has 1 aliphatic rings. The smallest absolute Gasteiger partial charge is 0.289 e. The molecule has 17 heavy (non-hydrogen) atoms. The minimum atomic E-state index is -0.180. The maximum Gasteiger partial charge on any atom is 0.289 e. The summed E-state index contributed by atoms with van der Waals surface area (Å²) < 4.78 is 5.05. The van der Waals surface area contributed by atoms with Crippen LogP contribution in [0.15, 0.2) is 10.8 Å². The van der Waals surface area contributed by atoms with Gasteiger partial charge in [-0.1, -0.05) is 6.42 Å². The largest absolute Gasteiger partial charge is 0.438 e. The molecular formula is C12H17ClN2O2. The number of halogens is 1. The summed E-state index contributed by atoms with van der Waals surface area (Å²) in [6, 6.07) is 0. The molecule has 1 fully saturated rings. The minimum Gasteiger partial charge on any atom is -0.438 e. The van der Waals surface area contributed by atoms with Gasteiger partial charge in [0.15, 0.2) is 6.39 Å². The molecule has 0 spiro atoms. The van der Waals surface area contributed by atoms with Crippen LogP contribution in [0, 0.1) is 18.8 Å². The Hall–Kier alpha value is -1.03. The van der Waals surface area contributed by atoms with Gasteiger partial charge in [-0.15, -0.1) is 11.6 Å². The summed E-state index contributed by atoms with van der Waals surface area (Å²) in [7, 11) is 0. The number of rotatable bonds is 4. The molecule has 2 unspecified atom stereocenters. The van der Waals surface area contributed by atoms with E-state index in [1.165, 1.54) is 19.2 Å². The lowest BCUT2D eigenvalue weighted by Gasteiger charge is -2.17. The number of hydrogen-bond acceptors (Lipinski definition) is 3. The molecule has 0 radical (unpaired) electrons. The third kappa shape index (κ3) is 2.80. The molecule has 1 aromatic rings. The first-order chi connectivity index (χ1) is 8.22. The lowest BCUT2D eigenvalue weighted by Crippen LogP contribution is -2.31. The molecule has 5 heteroatoms. The third-order valence-corrected chi connectivity index (χ3v) is 3.89. The summed E-state index contributed by atoms with van der Waals surface area (Å²) in [5.74, 6) is 1.85. The first-order valence-electron chi connectivity index (χ1n) is 5.96. The second-order valence-corrected chi connectivity index (χ2v) is 4.89. The van der Waals surface area contributed by atoms with Crippen molar-refractivity contribution < 1.29 is 9.21 Å². The molecule has 1 aromatic heterocycles. The SMILES string of the molecule is Cc1ncoc1C(=O)NCC1CCCC1CCl. The molecule has 0 bridgehead atoms. The highest BCUT2D eigenvalue weighted by molar-refractivity contribution is 6.18. The molecule has 1 N–H and O–H groups in total. The number of aromatic nitrogens is 1. The van der Waals surface area contributed by atoms with Gasteiger partial charge in [-0.3, -0.25) is 4.79 Å². The number of oxazole rings is 1. The molecule has 2 atom stereocenters. The molecular weight excluding hydrogens is 240 g/mol. The lowest BCUT2D eigenvalue weighted by atomic mass is 9.98. The Morgan fingerprint density at radius 2 is 2.35 bits per heavy atom. The molecule has 1 amide bonds. The highest BCUT2D eigenvalue weighted by Crippen LogP contribution is 2.31. The highest BCUT2D eigenvalue weighted by Gasteiger charge is 2.27. The molecule has 0 saturated heterocycles. The molecule has 0 aromatic carbocycles. The number of alkyl halides is 1. The van der Waals surface area contributed by atoms with E-state index in [2.05, 4.69) is 10.3 Å². The zero-order valence-corrected chi connectivity index (χ0v) is 10.7. The number of aryl methyl sites for hydroxylation is 1. The number of amides is 1. The van der Waals surface area contributed by atoms with Crippen LogP contribution in [0.2, 0.25) is 0 Å². The van der Waals surface area contributed by atoms with Gasteiger partial charge in [0.05, 0.1) is 5.69 Å². The number of hydrogen-bond donors (Lipinski definition) is 1. The average molecular weight is 257 g/mol. The second-order valence-electron chi connectivity index (χ2n) is 4.58. The number of nitrogens with one attached hydrogen (secondary N) is 1. The molecule has 4 nitrogen and oxygen atoms in total. The monoisotopic (exact) mass is 256 g/mol. The Kier molecular flexibility index (Phi) is 4.05. The van der Waals surface area contributed by atoms with Crippen LogP contribution >= 0.6 is 11.6 Å². The van der Waals surface area contributed by atoms with Crippen molar-refractivity contribution in [2.75, 3.05) is 12.4 Å².